The first kappa shape index (κ1) is 12.3. The van der Waals surface area contributed by atoms with Gasteiger partial charge in [-0.25, -0.2) is 0 Å². The number of aldehydes is 1. The maximum Gasteiger partial charge on any atom is 0.161 e. The molecular formula is C13H16N4O2. The first-order chi connectivity index (χ1) is 9.36. The van der Waals surface area contributed by atoms with Crippen molar-refractivity contribution in [3.05, 3.63) is 29.7 Å². The van der Waals surface area contributed by atoms with Gasteiger partial charge in [-0.1, -0.05) is 0 Å². The summed E-state index contributed by atoms with van der Waals surface area (Å²) in [6, 6.07) is 3.53. The smallest absolute Gasteiger partial charge is 0.161 e. The molecule has 1 fully saturated rings. The Hall–Kier alpha value is -1.79. The van der Waals surface area contributed by atoms with E-state index >= 15 is 0 Å². The number of hydrogen-bond donors (Lipinski definition) is 0. The minimum Gasteiger partial charge on any atom is -0.379 e. The molecule has 0 aliphatic carbocycles. The predicted molar refractivity (Wildman–Crippen MR) is 69.3 cm³/mol. The lowest BCUT2D eigenvalue weighted by atomic mass is 10.3. The highest BCUT2D eigenvalue weighted by molar-refractivity contribution is 5.76. The van der Waals surface area contributed by atoms with Crippen LogP contribution in [0.25, 0.3) is 5.65 Å². The summed E-state index contributed by atoms with van der Waals surface area (Å²) in [4.78, 5) is 13.1. The zero-order chi connectivity index (χ0) is 13.1. The number of carbonyl (C=O) groups excluding carboxylic acids is 1. The lowest BCUT2D eigenvalue weighted by molar-refractivity contribution is 0.0382. The van der Waals surface area contributed by atoms with Gasteiger partial charge < -0.3 is 4.74 Å². The van der Waals surface area contributed by atoms with Gasteiger partial charge in [0.15, 0.2) is 5.65 Å². The van der Waals surface area contributed by atoms with Crippen molar-refractivity contribution in [1.82, 2.24) is 19.5 Å². The number of hydrogen-bond acceptors (Lipinski definition) is 5. The van der Waals surface area contributed by atoms with E-state index in [1.807, 2.05) is 10.6 Å². The monoisotopic (exact) mass is 260 g/mol. The second kappa shape index (κ2) is 5.46. The Kier molecular flexibility index (Phi) is 3.52. The van der Waals surface area contributed by atoms with Gasteiger partial charge in [0, 0.05) is 37.8 Å². The van der Waals surface area contributed by atoms with Gasteiger partial charge in [-0.05, 0) is 12.1 Å². The molecule has 0 radical (unpaired) electrons. The van der Waals surface area contributed by atoms with E-state index in [9.17, 15) is 4.79 Å². The Balaban J connectivity index is 1.72. The average Bonchev–Trinajstić information content (AvgIpc) is 2.88. The number of fused-ring (bicyclic) bond motifs is 1. The Bertz CT molecular complexity index is 575. The molecule has 19 heavy (non-hydrogen) atoms. The van der Waals surface area contributed by atoms with Crippen molar-refractivity contribution in [2.75, 3.05) is 32.8 Å². The lowest BCUT2D eigenvalue weighted by Gasteiger charge is -2.26. The van der Waals surface area contributed by atoms with Crippen molar-refractivity contribution >= 4 is 11.9 Å². The molecular weight excluding hydrogens is 244 g/mol. The standard InChI is InChI=1S/C13H16N4O2/c18-10-11-1-4-17-12(14-15-13(17)9-11)2-3-16-5-7-19-8-6-16/h1,4,9-10H,2-3,5-8H2. The van der Waals surface area contributed by atoms with Crippen LogP contribution in [0, 0.1) is 0 Å². The second-order valence-corrected chi connectivity index (χ2v) is 4.63. The third kappa shape index (κ3) is 2.64. The third-order valence-corrected chi connectivity index (χ3v) is 3.40. The molecule has 0 aromatic carbocycles. The van der Waals surface area contributed by atoms with Gasteiger partial charge in [0.1, 0.15) is 12.1 Å². The van der Waals surface area contributed by atoms with E-state index in [2.05, 4.69) is 15.1 Å². The van der Waals surface area contributed by atoms with Crippen LogP contribution in [-0.4, -0.2) is 58.6 Å². The fraction of sp³-hybridized carbons (Fsp3) is 0.462. The van der Waals surface area contributed by atoms with Crippen LogP contribution in [-0.2, 0) is 11.2 Å². The molecule has 0 bridgehead atoms. The molecule has 3 heterocycles. The van der Waals surface area contributed by atoms with Gasteiger partial charge in [0.2, 0.25) is 0 Å². The Morgan fingerprint density at radius 1 is 1.32 bits per heavy atom. The first-order valence-corrected chi connectivity index (χ1v) is 6.46. The number of nitrogens with zero attached hydrogens (tertiary/aromatic N) is 4. The summed E-state index contributed by atoms with van der Waals surface area (Å²) in [5.41, 5.74) is 1.35. The van der Waals surface area contributed by atoms with Crippen LogP contribution in [0.15, 0.2) is 18.3 Å². The summed E-state index contributed by atoms with van der Waals surface area (Å²) in [6.07, 6.45) is 3.53. The van der Waals surface area contributed by atoms with Gasteiger partial charge in [-0.2, -0.15) is 0 Å². The van der Waals surface area contributed by atoms with E-state index < -0.39 is 0 Å². The van der Waals surface area contributed by atoms with Gasteiger partial charge >= 0.3 is 0 Å². The molecule has 0 N–H and O–H groups in total. The van der Waals surface area contributed by atoms with Gasteiger partial charge in [0.25, 0.3) is 0 Å². The average molecular weight is 260 g/mol. The van der Waals surface area contributed by atoms with Crippen molar-refractivity contribution < 1.29 is 9.53 Å². The van der Waals surface area contributed by atoms with E-state index in [-0.39, 0.29) is 0 Å². The van der Waals surface area contributed by atoms with Crippen LogP contribution in [0.2, 0.25) is 0 Å². The normalized spacial score (nSPS) is 16.8. The predicted octanol–water partition coefficient (Wildman–Crippen LogP) is 0.416. The number of aromatic nitrogens is 3. The quantitative estimate of drug-likeness (QED) is 0.745. The fourth-order valence-electron chi connectivity index (χ4n) is 2.28. The van der Waals surface area contributed by atoms with E-state index in [0.717, 1.165) is 57.0 Å². The molecule has 3 rings (SSSR count). The highest BCUT2D eigenvalue weighted by Crippen LogP contribution is 2.07. The van der Waals surface area contributed by atoms with Crippen LogP contribution in [0.5, 0.6) is 0 Å². The van der Waals surface area contributed by atoms with E-state index in [4.69, 9.17) is 4.74 Å². The topological polar surface area (TPSA) is 59.7 Å². The molecule has 2 aromatic heterocycles. The number of morpholine rings is 1. The number of ether oxygens (including phenoxy) is 1. The maximum absolute atomic E-state index is 10.7. The molecule has 1 aliphatic rings. The number of carbonyl (C=O) groups is 1. The number of rotatable bonds is 4. The molecule has 6 heteroatoms. The zero-order valence-corrected chi connectivity index (χ0v) is 10.7. The van der Waals surface area contributed by atoms with Crippen molar-refractivity contribution in [2.24, 2.45) is 0 Å². The summed E-state index contributed by atoms with van der Waals surface area (Å²) in [7, 11) is 0. The molecule has 2 aromatic rings. The zero-order valence-electron chi connectivity index (χ0n) is 10.7. The molecule has 6 nitrogen and oxygen atoms in total. The molecule has 0 spiro atoms. The molecule has 0 saturated carbocycles. The molecule has 1 saturated heterocycles. The summed E-state index contributed by atoms with van der Waals surface area (Å²) < 4.78 is 7.26. The van der Waals surface area contributed by atoms with Crippen LogP contribution in [0.3, 0.4) is 0 Å². The highest BCUT2D eigenvalue weighted by atomic mass is 16.5. The Morgan fingerprint density at radius 2 is 2.16 bits per heavy atom. The van der Waals surface area contributed by atoms with E-state index in [1.54, 1.807) is 12.1 Å². The van der Waals surface area contributed by atoms with Gasteiger partial charge in [-0.15, -0.1) is 10.2 Å². The van der Waals surface area contributed by atoms with Gasteiger partial charge in [-0.3, -0.25) is 14.1 Å². The van der Waals surface area contributed by atoms with Crippen molar-refractivity contribution in [2.45, 2.75) is 6.42 Å². The maximum atomic E-state index is 10.7. The molecule has 0 atom stereocenters. The third-order valence-electron chi connectivity index (χ3n) is 3.40. The first-order valence-electron chi connectivity index (χ1n) is 6.46. The van der Waals surface area contributed by atoms with Crippen LogP contribution in [0.1, 0.15) is 16.2 Å². The van der Waals surface area contributed by atoms with E-state index in [0.29, 0.717) is 5.56 Å². The minimum absolute atomic E-state index is 0.625. The van der Waals surface area contributed by atoms with Crippen molar-refractivity contribution in [3.63, 3.8) is 0 Å². The fourth-order valence-corrected chi connectivity index (χ4v) is 2.28. The molecule has 1 aliphatic heterocycles. The SMILES string of the molecule is O=Cc1ccn2c(CCN3CCOCC3)nnc2c1. The van der Waals surface area contributed by atoms with Crippen LogP contribution in [0.4, 0.5) is 0 Å². The Labute approximate surface area is 111 Å². The largest absolute Gasteiger partial charge is 0.379 e. The minimum atomic E-state index is 0.625. The van der Waals surface area contributed by atoms with Crippen molar-refractivity contribution in [3.8, 4) is 0 Å². The molecule has 0 unspecified atom stereocenters. The summed E-state index contributed by atoms with van der Waals surface area (Å²) >= 11 is 0. The number of pyridine rings is 1. The highest BCUT2D eigenvalue weighted by Gasteiger charge is 2.12. The van der Waals surface area contributed by atoms with Crippen LogP contribution >= 0.6 is 0 Å². The summed E-state index contributed by atoms with van der Waals surface area (Å²) in [5.74, 6) is 0.930. The second-order valence-electron chi connectivity index (χ2n) is 4.63. The van der Waals surface area contributed by atoms with Crippen LogP contribution < -0.4 is 0 Å². The summed E-state index contributed by atoms with van der Waals surface area (Å²) in [6.45, 7) is 4.53. The Morgan fingerprint density at radius 3 is 2.95 bits per heavy atom. The van der Waals surface area contributed by atoms with Crippen molar-refractivity contribution in [1.29, 1.82) is 0 Å². The summed E-state index contributed by atoms with van der Waals surface area (Å²) in [5, 5.41) is 8.30. The molecule has 0 amide bonds. The lowest BCUT2D eigenvalue weighted by Crippen LogP contribution is -2.37. The molecule has 100 valence electrons. The van der Waals surface area contributed by atoms with Gasteiger partial charge in [0.05, 0.1) is 13.2 Å². The van der Waals surface area contributed by atoms with E-state index in [1.165, 1.54) is 0 Å².